The van der Waals surface area contributed by atoms with Crippen LogP contribution in [-0.2, 0) is 11.2 Å². The topological polar surface area (TPSA) is 38.3 Å². The van der Waals surface area contributed by atoms with Crippen LogP contribution in [0.25, 0.3) is 0 Å². The number of benzene rings is 1. The summed E-state index contributed by atoms with van der Waals surface area (Å²) in [6.45, 7) is 3.63. The number of carbonyl (C=O) groups is 1. The monoisotopic (exact) mass is 219 g/mol. The fraction of sp³-hybridized carbons (Fsp3) is 0.308. The van der Waals surface area contributed by atoms with E-state index in [-0.39, 0.29) is 6.10 Å². The second-order valence-corrected chi connectivity index (χ2v) is 3.69. The van der Waals surface area contributed by atoms with Crippen LogP contribution in [0.1, 0.15) is 19.4 Å². The molecule has 16 heavy (non-hydrogen) atoms. The minimum Gasteiger partial charge on any atom is -0.447 e. The first-order chi connectivity index (χ1) is 7.68. The maximum absolute atomic E-state index is 11.1. The molecule has 0 radical (unpaired) electrons. The zero-order valence-electron chi connectivity index (χ0n) is 9.64. The van der Waals surface area contributed by atoms with Crippen LogP contribution in [0.2, 0.25) is 0 Å². The van der Waals surface area contributed by atoms with Crippen LogP contribution in [0, 0.1) is 0 Å². The van der Waals surface area contributed by atoms with Gasteiger partial charge in [0.1, 0.15) is 0 Å². The van der Waals surface area contributed by atoms with Gasteiger partial charge in [0, 0.05) is 6.20 Å². The minimum atomic E-state index is -0.417. The van der Waals surface area contributed by atoms with Gasteiger partial charge in [0.2, 0.25) is 0 Å². The molecule has 0 bridgehead atoms. The summed E-state index contributed by atoms with van der Waals surface area (Å²) in [7, 11) is 0. The standard InChI is InChI=1S/C13H17NO2/c1-11(2)16-13(15)14-10-6-9-12-7-4-3-5-8-12/h3-8,10-11H,9H2,1-2H3,(H,14,15). The van der Waals surface area contributed by atoms with E-state index in [1.807, 2.05) is 50.3 Å². The number of ether oxygens (including phenoxy) is 1. The fourth-order valence-corrected chi connectivity index (χ4v) is 1.18. The molecule has 0 atom stereocenters. The van der Waals surface area contributed by atoms with Crippen LogP contribution in [0.15, 0.2) is 42.6 Å². The fourth-order valence-electron chi connectivity index (χ4n) is 1.18. The highest BCUT2D eigenvalue weighted by molar-refractivity contribution is 5.68. The molecule has 1 N–H and O–H groups in total. The average Bonchev–Trinajstić information content (AvgIpc) is 2.25. The van der Waals surface area contributed by atoms with Crippen LogP contribution in [0.4, 0.5) is 4.79 Å². The maximum Gasteiger partial charge on any atom is 0.411 e. The zero-order valence-corrected chi connectivity index (χ0v) is 9.64. The molecule has 0 heterocycles. The van der Waals surface area contributed by atoms with Crippen LogP contribution >= 0.6 is 0 Å². The molecule has 0 saturated heterocycles. The number of alkyl carbamates (subject to hydrolysis) is 1. The first-order valence-corrected chi connectivity index (χ1v) is 5.34. The second kappa shape index (κ2) is 6.67. The molecule has 0 unspecified atom stereocenters. The van der Waals surface area contributed by atoms with E-state index in [4.69, 9.17) is 4.74 Å². The van der Waals surface area contributed by atoms with Crippen LogP contribution in [0.5, 0.6) is 0 Å². The zero-order chi connectivity index (χ0) is 11.8. The first kappa shape index (κ1) is 12.3. The Morgan fingerprint density at radius 1 is 1.38 bits per heavy atom. The lowest BCUT2D eigenvalue weighted by Crippen LogP contribution is -2.21. The molecule has 1 amide bonds. The van der Waals surface area contributed by atoms with Gasteiger partial charge in [-0.05, 0) is 25.8 Å². The Bertz CT molecular complexity index is 344. The number of hydrogen-bond acceptors (Lipinski definition) is 2. The predicted molar refractivity (Wildman–Crippen MR) is 64.0 cm³/mol. The summed E-state index contributed by atoms with van der Waals surface area (Å²) < 4.78 is 4.90. The highest BCUT2D eigenvalue weighted by atomic mass is 16.6. The third-order valence-corrected chi connectivity index (χ3v) is 1.86. The normalized spacial score (nSPS) is 10.7. The lowest BCUT2D eigenvalue weighted by molar-refractivity contribution is 0.119. The summed E-state index contributed by atoms with van der Waals surface area (Å²) in [6, 6.07) is 10.0. The van der Waals surface area contributed by atoms with Crippen molar-refractivity contribution < 1.29 is 9.53 Å². The highest BCUT2D eigenvalue weighted by Gasteiger charge is 2.00. The van der Waals surface area contributed by atoms with E-state index in [1.54, 1.807) is 6.20 Å². The number of nitrogens with one attached hydrogen (secondary N) is 1. The molecule has 0 saturated carbocycles. The molecule has 3 nitrogen and oxygen atoms in total. The molecule has 86 valence electrons. The molecule has 0 aliphatic carbocycles. The van der Waals surface area contributed by atoms with Gasteiger partial charge in [0.25, 0.3) is 0 Å². The van der Waals surface area contributed by atoms with E-state index in [9.17, 15) is 4.79 Å². The average molecular weight is 219 g/mol. The summed E-state index contributed by atoms with van der Waals surface area (Å²) in [5.74, 6) is 0. The molecule has 0 spiro atoms. The Balaban J connectivity index is 2.26. The molecule has 1 aromatic rings. The van der Waals surface area contributed by atoms with Crippen molar-refractivity contribution in [2.75, 3.05) is 0 Å². The largest absolute Gasteiger partial charge is 0.447 e. The smallest absolute Gasteiger partial charge is 0.411 e. The number of allylic oxidation sites excluding steroid dienone is 1. The molecular formula is C13H17NO2. The molecule has 0 fully saturated rings. The van der Waals surface area contributed by atoms with Crippen LogP contribution < -0.4 is 5.32 Å². The highest BCUT2D eigenvalue weighted by Crippen LogP contribution is 1.99. The first-order valence-electron chi connectivity index (χ1n) is 5.34. The minimum absolute atomic E-state index is 0.0949. The maximum atomic E-state index is 11.1. The van der Waals surface area contributed by atoms with Gasteiger partial charge in [-0.2, -0.15) is 0 Å². The van der Waals surface area contributed by atoms with E-state index in [1.165, 1.54) is 5.56 Å². The van der Waals surface area contributed by atoms with Gasteiger partial charge in [-0.25, -0.2) is 4.79 Å². The van der Waals surface area contributed by atoms with Gasteiger partial charge in [-0.1, -0.05) is 36.4 Å². The molecule has 3 heteroatoms. The Labute approximate surface area is 96.1 Å². The van der Waals surface area contributed by atoms with Crippen LogP contribution in [-0.4, -0.2) is 12.2 Å². The van der Waals surface area contributed by atoms with Crippen molar-refractivity contribution in [1.82, 2.24) is 5.32 Å². The summed E-state index contributed by atoms with van der Waals surface area (Å²) in [6.07, 6.45) is 3.78. The van der Waals surface area contributed by atoms with Gasteiger partial charge < -0.3 is 4.74 Å². The SMILES string of the molecule is CC(C)OC(=O)NC=CCc1ccccc1. The Morgan fingerprint density at radius 3 is 2.69 bits per heavy atom. The Kier molecular flexibility index (Phi) is 5.12. The Morgan fingerprint density at radius 2 is 2.06 bits per heavy atom. The van der Waals surface area contributed by atoms with E-state index >= 15 is 0 Å². The van der Waals surface area contributed by atoms with Gasteiger partial charge in [0.15, 0.2) is 0 Å². The van der Waals surface area contributed by atoms with Crippen molar-refractivity contribution in [3.63, 3.8) is 0 Å². The summed E-state index contributed by atoms with van der Waals surface area (Å²) >= 11 is 0. The van der Waals surface area contributed by atoms with Gasteiger partial charge in [0.05, 0.1) is 6.10 Å². The summed E-state index contributed by atoms with van der Waals surface area (Å²) in [5, 5.41) is 2.54. The second-order valence-electron chi connectivity index (χ2n) is 3.69. The van der Waals surface area contributed by atoms with E-state index < -0.39 is 6.09 Å². The van der Waals surface area contributed by atoms with Crippen LogP contribution in [0.3, 0.4) is 0 Å². The number of carbonyl (C=O) groups excluding carboxylic acids is 1. The molecule has 0 aromatic heterocycles. The van der Waals surface area contributed by atoms with Crippen molar-refractivity contribution in [2.45, 2.75) is 26.4 Å². The number of rotatable bonds is 4. The Hall–Kier alpha value is -1.77. The molecular weight excluding hydrogens is 202 g/mol. The third kappa shape index (κ3) is 5.20. The quantitative estimate of drug-likeness (QED) is 0.845. The number of amides is 1. The van der Waals surface area contributed by atoms with Gasteiger partial charge in [-0.3, -0.25) is 5.32 Å². The molecule has 0 aliphatic rings. The van der Waals surface area contributed by atoms with Gasteiger partial charge >= 0.3 is 6.09 Å². The third-order valence-electron chi connectivity index (χ3n) is 1.86. The van der Waals surface area contributed by atoms with E-state index in [2.05, 4.69) is 5.32 Å². The summed E-state index contributed by atoms with van der Waals surface area (Å²) in [5.41, 5.74) is 1.21. The summed E-state index contributed by atoms with van der Waals surface area (Å²) in [4.78, 5) is 11.1. The van der Waals surface area contributed by atoms with E-state index in [0.29, 0.717) is 0 Å². The van der Waals surface area contributed by atoms with E-state index in [0.717, 1.165) is 6.42 Å². The van der Waals surface area contributed by atoms with Crippen molar-refractivity contribution in [1.29, 1.82) is 0 Å². The van der Waals surface area contributed by atoms with Crippen molar-refractivity contribution in [2.24, 2.45) is 0 Å². The number of hydrogen-bond donors (Lipinski definition) is 1. The molecule has 1 rings (SSSR count). The van der Waals surface area contributed by atoms with Crippen molar-refractivity contribution in [3.8, 4) is 0 Å². The molecule has 1 aromatic carbocycles. The van der Waals surface area contributed by atoms with Crippen molar-refractivity contribution >= 4 is 6.09 Å². The van der Waals surface area contributed by atoms with Gasteiger partial charge in [-0.15, -0.1) is 0 Å². The predicted octanol–water partition coefficient (Wildman–Crippen LogP) is 2.88. The lowest BCUT2D eigenvalue weighted by atomic mass is 10.1. The lowest BCUT2D eigenvalue weighted by Gasteiger charge is -2.06. The molecule has 0 aliphatic heterocycles. The van der Waals surface area contributed by atoms with Crippen molar-refractivity contribution in [3.05, 3.63) is 48.2 Å².